The van der Waals surface area contributed by atoms with Crippen molar-refractivity contribution in [3.63, 3.8) is 0 Å². The summed E-state index contributed by atoms with van der Waals surface area (Å²) in [4.78, 5) is 25.1. The molecule has 1 N–H and O–H groups in total. The van der Waals surface area contributed by atoms with Crippen LogP contribution in [0.5, 0.6) is 0 Å². The van der Waals surface area contributed by atoms with Crippen molar-refractivity contribution in [2.24, 2.45) is 11.8 Å². The molecule has 3 atom stereocenters. The van der Waals surface area contributed by atoms with Gasteiger partial charge in [0.05, 0.1) is 5.92 Å². The van der Waals surface area contributed by atoms with E-state index in [1.165, 1.54) is 0 Å². The van der Waals surface area contributed by atoms with Gasteiger partial charge < -0.3 is 10.0 Å². The number of amides is 1. The summed E-state index contributed by atoms with van der Waals surface area (Å²) in [5.74, 6) is -1.05. The van der Waals surface area contributed by atoms with Gasteiger partial charge in [-0.3, -0.25) is 9.59 Å². The lowest BCUT2D eigenvalue weighted by molar-refractivity contribution is -0.142. The Hall–Kier alpha value is -1.36. The summed E-state index contributed by atoms with van der Waals surface area (Å²) in [6, 6.07) is 7.95. The molecule has 0 radical (unpaired) electrons. The summed E-state index contributed by atoms with van der Waals surface area (Å²) < 4.78 is 1.02. The second-order valence-corrected chi connectivity index (χ2v) is 6.79. The van der Waals surface area contributed by atoms with Crippen molar-refractivity contribution < 1.29 is 14.7 Å². The Morgan fingerprint density at radius 1 is 1.33 bits per heavy atom. The Morgan fingerprint density at radius 3 is 2.48 bits per heavy atom. The minimum absolute atomic E-state index is 0.0226. The van der Waals surface area contributed by atoms with Crippen molar-refractivity contribution in [2.75, 3.05) is 13.1 Å². The number of halogens is 1. The molecule has 0 aromatic heterocycles. The summed E-state index contributed by atoms with van der Waals surface area (Å²) >= 11 is 3.40. The van der Waals surface area contributed by atoms with Gasteiger partial charge in [0.15, 0.2) is 0 Å². The molecule has 1 aromatic rings. The third-order valence-corrected chi connectivity index (χ3v) is 4.73. The van der Waals surface area contributed by atoms with Crippen molar-refractivity contribution in [1.29, 1.82) is 0 Å². The van der Waals surface area contributed by atoms with Crippen LogP contribution in [0.1, 0.15) is 31.7 Å². The molecular weight excluding hydrogens is 334 g/mol. The number of carbonyl (C=O) groups is 2. The first-order valence-corrected chi connectivity index (χ1v) is 7.93. The number of carbonyl (C=O) groups excluding carboxylic acids is 1. The van der Waals surface area contributed by atoms with E-state index in [0.717, 1.165) is 10.0 Å². The Morgan fingerprint density at radius 2 is 1.95 bits per heavy atom. The molecule has 2 rings (SSSR count). The highest BCUT2D eigenvalue weighted by Gasteiger charge is 2.37. The number of hydrogen-bond acceptors (Lipinski definition) is 2. The van der Waals surface area contributed by atoms with Gasteiger partial charge in [0.2, 0.25) is 5.91 Å². The monoisotopic (exact) mass is 353 g/mol. The average Bonchev–Trinajstić information content (AvgIpc) is 2.81. The number of rotatable bonds is 4. The molecule has 1 aliphatic rings. The Kier molecular flexibility index (Phi) is 5.04. The fourth-order valence-corrected chi connectivity index (χ4v) is 3.06. The van der Waals surface area contributed by atoms with Crippen molar-refractivity contribution in [3.05, 3.63) is 34.3 Å². The van der Waals surface area contributed by atoms with Crippen LogP contribution >= 0.6 is 15.9 Å². The summed E-state index contributed by atoms with van der Waals surface area (Å²) in [6.07, 6.45) is 0.417. The highest BCUT2D eigenvalue weighted by atomic mass is 79.9. The van der Waals surface area contributed by atoms with E-state index in [2.05, 4.69) is 15.9 Å². The smallest absolute Gasteiger partial charge is 0.308 e. The molecule has 5 heteroatoms. The minimum atomic E-state index is -0.807. The number of likely N-dealkylation sites (tertiary alicyclic amines) is 1. The average molecular weight is 354 g/mol. The molecule has 1 aromatic carbocycles. The molecule has 0 spiro atoms. The zero-order valence-corrected chi connectivity index (χ0v) is 13.8. The molecular formula is C16H20BrNO3. The molecule has 3 unspecified atom stereocenters. The fraction of sp³-hybridized carbons (Fsp3) is 0.500. The molecule has 21 heavy (non-hydrogen) atoms. The number of carboxylic acids is 1. The van der Waals surface area contributed by atoms with E-state index in [0.29, 0.717) is 19.5 Å². The summed E-state index contributed by atoms with van der Waals surface area (Å²) in [7, 11) is 0. The van der Waals surface area contributed by atoms with Gasteiger partial charge >= 0.3 is 5.97 Å². The van der Waals surface area contributed by atoms with Crippen molar-refractivity contribution >= 4 is 27.8 Å². The van der Waals surface area contributed by atoms with Crippen LogP contribution in [-0.4, -0.2) is 35.0 Å². The van der Waals surface area contributed by atoms with Crippen molar-refractivity contribution in [3.8, 4) is 0 Å². The number of benzene rings is 1. The highest BCUT2D eigenvalue weighted by molar-refractivity contribution is 9.10. The van der Waals surface area contributed by atoms with Gasteiger partial charge in [0.1, 0.15) is 0 Å². The van der Waals surface area contributed by atoms with Gasteiger partial charge in [-0.05, 0) is 29.5 Å². The lowest BCUT2D eigenvalue weighted by atomic mass is 9.97. The van der Waals surface area contributed by atoms with Gasteiger partial charge in [-0.25, -0.2) is 0 Å². The second kappa shape index (κ2) is 6.60. The first-order valence-electron chi connectivity index (χ1n) is 7.14. The quantitative estimate of drug-likeness (QED) is 0.904. The predicted molar refractivity (Wildman–Crippen MR) is 84.0 cm³/mol. The predicted octanol–water partition coefficient (Wildman–Crippen LogP) is 3.12. The van der Waals surface area contributed by atoms with Crippen molar-refractivity contribution in [2.45, 2.75) is 26.2 Å². The van der Waals surface area contributed by atoms with Crippen LogP contribution in [-0.2, 0) is 9.59 Å². The van der Waals surface area contributed by atoms with Gasteiger partial charge in [0, 0.05) is 24.0 Å². The highest BCUT2D eigenvalue weighted by Crippen LogP contribution is 2.27. The van der Waals surface area contributed by atoms with Gasteiger partial charge in [-0.1, -0.05) is 41.9 Å². The van der Waals surface area contributed by atoms with Gasteiger partial charge in [0.25, 0.3) is 0 Å². The maximum Gasteiger partial charge on any atom is 0.308 e. The van der Waals surface area contributed by atoms with E-state index < -0.39 is 11.9 Å². The lowest BCUT2D eigenvalue weighted by Gasteiger charge is -2.19. The van der Waals surface area contributed by atoms with Crippen LogP contribution in [0.2, 0.25) is 0 Å². The first kappa shape index (κ1) is 16.0. The van der Waals surface area contributed by atoms with Gasteiger partial charge in [-0.15, -0.1) is 0 Å². The number of nitrogens with zero attached hydrogens (tertiary/aromatic N) is 1. The van der Waals surface area contributed by atoms with E-state index in [1.807, 2.05) is 38.1 Å². The number of hydrogen-bond donors (Lipinski definition) is 1. The van der Waals surface area contributed by atoms with E-state index in [9.17, 15) is 9.59 Å². The summed E-state index contributed by atoms with van der Waals surface area (Å²) in [6.45, 7) is 4.80. The zero-order valence-electron chi connectivity index (χ0n) is 12.3. The molecule has 1 fully saturated rings. The first-order chi connectivity index (χ1) is 9.88. The molecule has 1 amide bonds. The topological polar surface area (TPSA) is 57.6 Å². The summed E-state index contributed by atoms with van der Waals surface area (Å²) in [5, 5.41) is 9.13. The van der Waals surface area contributed by atoms with E-state index >= 15 is 0 Å². The third kappa shape index (κ3) is 3.84. The largest absolute Gasteiger partial charge is 0.481 e. The SMILES string of the molecule is CC(CC(=O)N1CC(C)C(C(=O)O)C1)c1ccc(Br)cc1. The molecule has 0 saturated carbocycles. The lowest BCUT2D eigenvalue weighted by Crippen LogP contribution is -2.30. The maximum absolute atomic E-state index is 12.3. The Bertz CT molecular complexity index is 529. The molecule has 1 saturated heterocycles. The molecule has 1 aliphatic heterocycles. The normalized spacial score (nSPS) is 23.1. The minimum Gasteiger partial charge on any atom is -0.481 e. The van der Waals surface area contributed by atoms with Crippen LogP contribution in [0.4, 0.5) is 0 Å². The number of carboxylic acid groups (broad SMARTS) is 1. The van der Waals surface area contributed by atoms with Gasteiger partial charge in [-0.2, -0.15) is 0 Å². The third-order valence-electron chi connectivity index (χ3n) is 4.20. The molecule has 0 aliphatic carbocycles. The second-order valence-electron chi connectivity index (χ2n) is 5.88. The molecule has 114 valence electrons. The van der Waals surface area contributed by atoms with E-state index in [4.69, 9.17) is 5.11 Å². The fourth-order valence-electron chi connectivity index (χ4n) is 2.79. The molecule has 4 nitrogen and oxygen atoms in total. The Labute approximate surface area is 133 Å². The number of aliphatic carboxylic acids is 1. The van der Waals surface area contributed by atoms with Crippen LogP contribution < -0.4 is 0 Å². The summed E-state index contributed by atoms with van der Waals surface area (Å²) in [5.41, 5.74) is 1.12. The molecule has 1 heterocycles. The maximum atomic E-state index is 12.3. The van der Waals surface area contributed by atoms with Crippen LogP contribution in [0.3, 0.4) is 0 Å². The van der Waals surface area contributed by atoms with E-state index in [1.54, 1.807) is 4.90 Å². The van der Waals surface area contributed by atoms with Crippen LogP contribution in [0.15, 0.2) is 28.7 Å². The van der Waals surface area contributed by atoms with Crippen LogP contribution in [0.25, 0.3) is 0 Å². The zero-order chi connectivity index (χ0) is 15.6. The molecule has 0 bridgehead atoms. The Balaban J connectivity index is 1.95. The standard InChI is InChI=1S/C16H20BrNO3/c1-10(12-3-5-13(17)6-4-12)7-15(19)18-8-11(2)14(9-18)16(20)21/h3-6,10-11,14H,7-9H2,1-2H3,(H,20,21). The van der Waals surface area contributed by atoms with E-state index in [-0.39, 0.29) is 17.7 Å². The van der Waals surface area contributed by atoms with Crippen molar-refractivity contribution in [1.82, 2.24) is 4.90 Å². The van der Waals surface area contributed by atoms with Crippen LogP contribution in [0, 0.1) is 11.8 Å².